The Kier molecular flexibility index (Phi) is 5.12. The zero-order chi connectivity index (χ0) is 11.8. The monoisotopic (exact) mass is 219 g/mol. The molecule has 0 saturated carbocycles. The molecule has 0 amide bonds. The summed E-state index contributed by atoms with van der Waals surface area (Å²) in [5.41, 5.74) is 0.753. The number of ether oxygens (including phenoxy) is 1. The van der Waals surface area contributed by atoms with E-state index in [1.165, 1.54) is 6.08 Å². The van der Waals surface area contributed by atoms with Gasteiger partial charge in [0, 0.05) is 5.56 Å². The van der Waals surface area contributed by atoms with Gasteiger partial charge in [-0.1, -0.05) is 31.5 Å². The number of carbonyl (C=O) groups is 1. The first kappa shape index (κ1) is 12.3. The van der Waals surface area contributed by atoms with Gasteiger partial charge in [-0.2, -0.15) is 0 Å². The molecule has 3 heteroatoms. The topological polar surface area (TPSA) is 49.4 Å². The number of carboxylic acids is 1. The van der Waals surface area contributed by atoms with Crippen LogP contribution >= 0.6 is 0 Å². The first-order valence-electron chi connectivity index (χ1n) is 5.35. The summed E-state index contributed by atoms with van der Waals surface area (Å²) in [6.07, 6.45) is 4.54. The molecule has 0 heterocycles. The summed E-state index contributed by atoms with van der Waals surface area (Å²) in [5.74, 6) is -0.503. The van der Waals surface area contributed by atoms with Crippen LogP contribution in [0.1, 0.15) is 25.3 Å². The number of aliphatic carboxylic acids is 1. The minimum Gasteiger partial charge on any atom is -0.545 e. The minimum absolute atomic E-state index is 0.646. The molecule has 0 bridgehead atoms. The molecule has 3 nitrogen and oxygen atoms in total. The molecule has 0 saturated heterocycles. The lowest BCUT2D eigenvalue weighted by Gasteiger charge is -2.08. The van der Waals surface area contributed by atoms with Crippen LogP contribution in [0.15, 0.2) is 30.3 Å². The van der Waals surface area contributed by atoms with Crippen molar-refractivity contribution in [1.29, 1.82) is 0 Å². The molecule has 0 aliphatic carbocycles. The van der Waals surface area contributed by atoms with Crippen molar-refractivity contribution < 1.29 is 14.6 Å². The molecule has 1 aromatic carbocycles. The average Bonchev–Trinajstić information content (AvgIpc) is 2.28. The van der Waals surface area contributed by atoms with E-state index < -0.39 is 5.97 Å². The van der Waals surface area contributed by atoms with Crippen LogP contribution in [0, 0.1) is 0 Å². The second kappa shape index (κ2) is 6.67. The fourth-order valence-corrected chi connectivity index (χ4v) is 1.23. The Hall–Kier alpha value is -1.77. The SMILES string of the molecule is CCCCOc1ccccc1C=CC(=O)[O-]. The maximum atomic E-state index is 10.3. The molecule has 86 valence electrons. The van der Waals surface area contributed by atoms with Gasteiger partial charge in [0.05, 0.1) is 12.6 Å². The number of carboxylic acid groups (broad SMARTS) is 1. The molecular formula is C13H15O3-. The Morgan fingerprint density at radius 1 is 1.44 bits per heavy atom. The quantitative estimate of drug-likeness (QED) is 0.539. The van der Waals surface area contributed by atoms with Crippen LogP contribution < -0.4 is 9.84 Å². The molecular weight excluding hydrogens is 204 g/mol. The highest BCUT2D eigenvalue weighted by Crippen LogP contribution is 2.19. The fourth-order valence-electron chi connectivity index (χ4n) is 1.23. The highest BCUT2D eigenvalue weighted by molar-refractivity contribution is 5.84. The number of hydrogen-bond acceptors (Lipinski definition) is 3. The van der Waals surface area contributed by atoms with E-state index in [1.807, 2.05) is 18.2 Å². The molecule has 0 aliphatic heterocycles. The first-order valence-corrected chi connectivity index (χ1v) is 5.35. The lowest BCUT2D eigenvalue weighted by molar-refractivity contribution is -0.297. The Morgan fingerprint density at radius 3 is 2.88 bits per heavy atom. The van der Waals surface area contributed by atoms with Crippen LogP contribution in [0.3, 0.4) is 0 Å². The van der Waals surface area contributed by atoms with Crippen molar-refractivity contribution in [2.45, 2.75) is 19.8 Å². The van der Waals surface area contributed by atoms with Gasteiger partial charge in [0.1, 0.15) is 5.75 Å². The number of hydrogen-bond donors (Lipinski definition) is 0. The van der Waals surface area contributed by atoms with E-state index in [1.54, 1.807) is 6.07 Å². The predicted molar refractivity (Wildman–Crippen MR) is 60.9 cm³/mol. The van der Waals surface area contributed by atoms with E-state index in [9.17, 15) is 9.90 Å². The van der Waals surface area contributed by atoms with Gasteiger partial charge in [0.25, 0.3) is 0 Å². The van der Waals surface area contributed by atoms with Gasteiger partial charge >= 0.3 is 0 Å². The summed E-state index contributed by atoms with van der Waals surface area (Å²) in [7, 11) is 0. The molecule has 16 heavy (non-hydrogen) atoms. The van der Waals surface area contributed by atoms with Gasteiger partial charge in [0.15, 0.2) is 0 Å². The Morgan fingerprint density at radius 2 is 2.19 bits per heavy atom. The van der Waals surface area contributed by atoms with Crippen molar-refractivity contribution in [2.24, 2.45) is 0 Å². The van der Waals surface area contributed by atoms with E-state index in [-0.39, 0.29) is 0 Å². The smallest absolute Gasteiger partial charge is 0.126 e. The molecule has 0 spiro atoms. The molecule has 0 aliphatic rings. The highest BCUT2D eigenvalue weighted by atomic mass is 16.5. The van der Waals surface area contributed by atoms with Gasteiger partial charge in [-0.25, -0.2) is 0 Å². The van der Waals surface area contributed by atoms with Gasteiger partial charge in [0.2, 0.25) is 0 Å². The molecule has 0 radical (unpaired) electrons. The number of rotatable bonds is 6. The molecule has 0 aromatic heterocycles. The number of para-hydroxylation sites is 1. The summed E-state index contributed by atoms with van der Waals surface area (Å²) < 4.78 is 5.55. The maximum absolute atomic E-state index is 10.3. The van der Waals surface area contributed by atoms with Gasteiger partial charge in [-0.15, -0.1) is 0 Å². The zero-order valence-corrected chi connectivity index (χ0v) is 9.31. The van der Waals surface area contributed by atoms with Crippen LogP contribution in [-0.2, 0) is 4.79 Å². The van der Waals surface area contributed by atoms with Gasteiger partial charge in [-0.05, 0) is 24.6 Å². The van der Waals surface area contributed by atoms with Crippen molar-refractivity contribution in [3.8, 4) is 5.75 Å². The average molecular weight is 219 g/mol. The number of unbranched alkanes of at least 4 members (excludes halogenated alkanes) is 1. The van der Waals surface area contributed by atoms with Crippen molar-refractivity contribution in [3.63, 3.8) is 0 Å². The second-order valence-corrected chi connectivity index (χ2v) is 3.39. The third kappa shape index (κ3) is 4.17. The van der Waals surface area contributed by atoms with Crippen molar-refractivity contribution in [1.82, 2.24) is 0 Å². The van der Waals surface area contributed by atoms with Crippen LogP contribution in [-0.4, -0.2) is 12.6 Å². The minimum atomic E-state index is -1.21. The largest absolute Gasteiger partial charge is 0.545 e. The molecule has 0 atom stereocenters. The van der Waals surface area contributed by atoms with Crippen molar-refractivity contribution >= 4 is 12.0 Å². The summed E-state index contributed by atoms with van der Waals surface area (Å²) in [6, 6.07) is 7.32. The van der Waals surface area contributed by atoms with Crippen LogP contribution in [0.4, 0.5) is 0 Å². The molecule has 1 aromatic rings. The Labute approximate surface area is 95.4 Å². The predicted octanol–water partition coefficient (Wildman–Crippen LogP) is 1.63. The van der Waals surface area contributed by atoms with Gasteiger partial charge in [-0.3, -0.25) is 0 Å². The molecule has 0 unspecified atom stereocenters. The van der Waals surface area contributed by atoms with Crippen LogP contribution in [0.5, 0.6) is 5.75 Å². The van der Waals surface area contributed by atoms with Gasteiger partial charge < -0.3 is 14.6 Å². The lowest BCUT2D eigenvalue weighted by atomic mass is 10.2. The Balaban J connectivity index is 2.71. The summed E-state index contributed by atoms with van der Waals surface area (Å²) >= 11 is 0. The van der Waals surface area contributed by atoms with E-state index in [0.29, 0.717) is 12.4 Å². The number of benzene rings is 1. The second-order valence-electron chi connectivity index (χ2n) is 3.39. The van der Waals surface area contributed by atoms with Crippen LogP contribution in [0.25, 0.3) is 6.08 Å². The van der Waals surface area contributed by atoms with Crippen molar-refractivity contribution in [3.05, 3.63) is 35.9 Å². The van der Waals surface area contributed by atoms with E-state index in [2.05, 4.69) is 6.92 Å². The van der Waals surface area contributed by atoms with E-state index in [0.717, 1.165) is 24.5 Å². The zero-order valence-electron chi connectivity index (χ0n) is 9.31. The lowest BCUT2D eigenvalue weighted by Crippen LogP contribution is -2.18. The molecule has 0 fully saturated rings. The summed E-state index contributed by atoms with van der Waals surface area (Å²) in [5, 5.41) is 10.3. The molecule has 1 rings (SSSR count). The van der Waals surface area contributed by atoms with E-state index in [4.69, 9.17) is 4.74 Å². The van der Waals surface area contributed by atoms with E-state index >= 15 is 0 Å². The number of carbonyl (C=O) groups excluding carboxylic acids is 1. The summed E-state index contributed by atoms with van der Waals surface area (Å²) in [6.45, 7) is 2.73. The summed E-state index contributed by atoms with van der Waals surface area (Å²) in [4.78, 5) is 10.3. The standard InChI is InChI=1S/C13H16O3/c1-2-3-10-16-12-7-5-4-6-11(12)8-9-13(14)15/h4-9H,2-3,10H2,1H3,(H,14,15)/p-1. The third-order valence-electron chi connectivity index (χ3n) is 2.07. The fraction of sp³-hybridized carbons (Fsp3) is 0.308. The highest BCUT2D eigenvalue weighted by Gasteiger charge is 1.98. The molecule has 0 N–H and O–H groups in total. The normalized spacial score (nSPS) is 10.6. The third-order valence-corrected chi connectivity index (χ3v) is 2.07. The Bertz CT molecular complexity index is 369. The van der Waals surface area contributed by atoms with Crippen LogP contribution in [0.2, 0.25) is 0 Å². The first-order chi connectivity index (χ1) is 7.74. The maximum Gasteiger partial charge on any atom is 0.126 e. The van der Waals surface area contributed by atoms with Crippen molar-refractivity contribution in [2.75, 3.05) is 6.61 Å².